The number of carbonyl (C=O) groups excluding carboxylic acids is 1. The molecule has 3 heterocycles. The molecule has 128 valence electrons. The van der Waals surface area contributed by atoms with Gasteiger partial charge in [-0.3, -0.25) is 9.78 Å². The maximum Gasteiger partial charge on any atom is 0.230 e. The van der Waals surface area contributed by atoms with E-state index in [9.17, 15) is 4.79 Å². The quantitative estimate of drug-likeness (QED) is 0.842. The zero-order chi connectivity index (χ0) is 16.9. The summed E-state index contributed by atoms with van der Waals surface area (Å²) < 4.78 is 5.43. The molecule has 6 nitrogen and oxygen atoms in total. The maximum atomic E-state index is 12.2. The summed E-state index contributed by atoms with van der Waals surface area (Å²) in [7, 11) is 0. The van der Waals surface area contributed by atoms with Crippen molar-refractivity contribution in [2.24, 2.45) is 5.92 Å². The second-order valence-electron chi connectivity index (χ2n) is 6.76. The first-order valence-electron chi connectivity index (χ1n) is 8.66. The molecule has 24 heavy (non-hydrogen) atoms. The van der Waals surface area contributed by atoms with E-state index in [2.05, 4.69) is 29.0 Å². The fraction of sp³-hybridized carbons (Fsp3) is 0.556. The zero-order valence-electron chi connectivity index (χ0n) is 14.3. The van der Waals surface area contributed by atoms with E-state index in [1.54, 1.807) is 6.20 Å². The standard InChI is InChI=1S/C18H24N4O2/c1-13(2)6-7-16(23)22-11-8-14(9-12-22)18-20-17(21-24-18)15-5-3-4-10-19-15/h3-5,10,13-14H,6-9,11-12H2,1-2H3. The van der Waals surface area contributed by atoms with Crippen LogP contribution in [0.4, 0.5) is 0 Å². The van der Waals surface area contributed by atoms with E-state index in [0.29, 0.717) is 29.7 Å². The minimum Gasteiger partial charge on any atom is -0.343 e. The molecule has 0 unspecified atom stereocenters. The third-order valence-corrected chi connectivity index (χ3v) is 4.47. The highest BCUT2D eigenvalue weighted by Crippen LogP contribution is 2.28. The fourth-order valence-corrected chi connectivity index (χ4v) is 2.95. The van der Waals surface area contributed by atoms with Crippen LogP contribution in [-0.2, 0) is 4.79 Å². The van der Waals surface area contributed by atoms with Crippen LogP contribution in [0.2, 0.25) is 0 Å². The van der Waals surface area contributed by atoms with Gasteiger partial charge < -0.3 is 9.42 Å². The summed E-state index contributed by atoms with van der Waals surface area (Å²) >= 11 is 0. The largest absolute Gasteiger partial charge is 0.343 e. The van der Waals surface area contributed by atoms with Gasteiger partial charge in [0.05, 0.1) is 0 Å². The highest BCUT2D eigenvalue weighted by atomic mass is 16.5. The molecular weight excluding hydrogens is 304 g/mol. The van der Waals surface area contributed by atoms with Crippen molar-refractivity contribution in [2.75, 3.05) is 13.1 Å². The Bertz CT molecular complexity index is 661. The highest BCUT2D eigenvalue weighted by molar-refractivity contribution is 5.76. The van der Waals surface area contributed by atoms with E-state index < -0.39 is 0 Å². The summed E-state index contributed by atoms with van der Waals surface area (Å²) in [5, 5.41) is 4.04. The summed E-state index contributed by atoms with van der Waals surface area (Å²) in [4.78, 5) is 22.9. The van der Waals surface area contributed by atoms with Crippen LogP contribution < -0.4 is 0 Å². The van der Waals surface area contributed by atoms with Crippen molar-refractivity contribution in [3.8, 4) is 11.5 Å². The lowest BCUT2D eigenvalue weighted by molar-refractivity contribution is -0.132. The number of hydrogen-bond donors (Lipinski definition) is 0. The van der Waals surface area contributed by atoms with Crippen LogP contribution in [0.1, 0.15) is 51.3 Å². The van der Waals surface area contributed by atoms with Gasteiger partial charge in [-0.15, -0.1) is 0 Å². The van der Waals surface area contributed by atoms with Crippen molar-refractivity contribution in [1.29, 1.82) is 0 Å². The van der Waals surface area contributed by atoms with Crippen LogP contribution in [0.25, 0.3) is 11.5 Å². The third-order valence-electron chi connectivity index (χ3n) is 4.47. The Balaban J connectivity index is 1.55. The second-order valence-corrected chi connectivity index (χ2v) is 6.76. The Labute approximate surface area is 142 Å². The number of aromatic nitrogens is 3. The van der Waals surface area contributed by atoms with Crippen molar-refractivity contribution in [3.05, 3.63) is 30.3 Å². The smallest absolute Gasteiger partial charge is 0.230 e. The van der Waals surface area contributed by atoms with Gasteiger partial charge in [-0.1, -0.05) is 25.1 Å². The van der Waals surface area contributed by atoms with E-state index in [-0.39, 0.29) is 11.8 Å². The van der Waals surface area contributed by atoms with Crippen LogP contribution >= 0.6 is 0 Å². The predicted octanol–water partition coefficient (Wildman–Crippen LogP) is 3.27. The summed E-state index contributed by atoms with van der Waals surface area (Å²) in [5.74, 6) is 2.24. The predicted molar refractivity (Wildman–Crippen MR) is 90.2 cm³/mol. The van der Waals surface area contributed by atoms with Crippen molar-refractivity contribution in [1.82, 2.24) is 20.0 Å². The molecule has 0 atom stereocenters. The number of hydrogen-bond acceptors (Lipinski definition) is 5. The molecule has 0 N–H and O–H groups in total. The van der Waals surface area contributed by atoms with Gasteiger partial charge in [0.1, 0.15) is 5.69 Å². The minimum absolute atomic E-state index is 0.226. The molecule has 0 bridgehead atoms. The fourth-order valence-electron chi connectivity index (χ4n) is 2.95. The van der Waals surface area contributed by atoms with Gasteiger partial charge in [-0.05, 0) is 37.3 Å². The molecule has 1 saturated heterocycles. The maximum absolute atomic E-state index is 12.2. The Kier molecular flexibility index (Phi) is 5.23. The van der Waals surface area contributed by atoms with Crippen molar-refractivity contribution < 1.29 is 9.32 Å². The van der Waals surface area contributed by atoms with Gasteiger partial charge >= 0.3 is 0 Å². The molecule has 0 spiro atoms. The summed E-state index contributed by atoms with van der Waals surface area (Å²) in [5.41, 5.74) is 0.716. The Morgan fingerprint density at radius 1 is 1.33 bits per heavy atom. The molecule has 0 saturated carbocycles. The van der Waals surface area contributed by atoms with Gasteiger partial charge in [0.15, 0.2) is 0 Å². The van der Waals surface area contributed by atoms with E-state index in [0.717, 1.165) is 32.4 Å². The molecule has 0 aromatic carbocycles. The molecule has 0 aliphatic carbocycles. The number of pyridine rings is 1. The second kappa shape index (κ2) is 7.55. The monoisotopic (exact) mass is 328 g/mol. The van der Waals surface area contributed by atoms with Crippen LogP contribution in [-0.4, -0.2) is 39.0 Å². The lowest BCUT2D eigenvalue weighted by Crippen LogP contribution is -2.38. The van der Waals surface area contributed by atoms with Gasteiger partial charge in [0.2, 0.25) is 17.6 Å². The van der Waals surface area contributed by atoms with E-state index in [1.807, 2.05) is 23.1 Å². The van der Waals surface area contributed by atoms with Crippen LogP contribution in [0.3, 0.4) is 0 Å². The summed E-state index contributed by atoms with van der Waals surface area (Å²) in [6, 6.07) is 5.63. The summed E-state index contributed by atoms with van der Waals surface area (Å²) in [6.45, 7) is 5.83. The van der Waals surface area contributed by atoms with Gasteiger partial charge in [0.25, 0.3) is 0 Å². The molecule has 1 aliphatic heterocycles. The van der Waals surface area contributed by atoms with Gasteiger partial charge in [-0.2, -0.15) is 4.98 Å². The zero-order valence-corrected chi connectivity index (χ0v) is 14.3. The van der Waals surface area contributed by atoms with Crippen LogP contribution in [0, 0.1) is 5.92 Å². The molecule has 1 aliphatic rings. The molecule has 2 aromatic heterocycles. The summed E-state index contributed by atoms with van der Waals surface area (Å²) in [6.07, 6.45) is 5.06. The number of carbonyl (C=O) groups is 1. The highest BCUT2D eigenvalue weighted by Gasteiger charge is 2.27. The van der Waals surface area contributed by atoms with Gasteiger partial charge in [0, 0.05) is 31.6 Å². The molecule has 3 rings (SSSR count). The first-order chi connectivity index (χ1) is 11.6. The van der Waals surface area contributed by atoms with Crippen molar-refractivity contribution in [2.45, 2.75) is 45.4 Å². The normalized spacial score (nSPS) is 15.9. The average Bonchev–Trinajstić information content (AvgIpc) is 3.10. The molecular formula is C18H24N4O2. The molecule has 2 aromatic rings. The lowest BCUT2D eigenvalue weighted by atomic mass is 9.96. The van der Waals surface area contributed by atoms with E-state index in [1.165, 1.54) is 0 Å². The number of nitrogens with zero attached hydrogens (tertiary/aromatic N) is 4. The van der Waals surface area contributed by atoms with Crippen LogP contribution in [0.5, 0.6) is 0 Å². The Hall–Kier alpha value is -2.24. The first-order valence-corrected chi connectivity index (χ1v) is 8.66. The number of piperidine rings is 1. The average molecular weight is 328 g/mol. The van der Waals surface area contributed by atoms with E-state index >= 15 is 0 Å². The number of rotatable bonds is 5. The minimum atomic E-state index is 0.226. The van der Waals surface area contributed by atoms with Crippen molar-refractivity contribution in [3.63, 3.8) is 0 Å². The third kappa shape index (κ3) is 3.99. The number of amides is 1. The van der Waals surface area contributed by atoms with Crippen molar-refractivity contribution >= 4 is 5.91 Å². The molecule has 1 fully saturated rings. The Morgan fingerprint density at radius 3 is 2.79 bits per heavy atom. The molecule has 0 radical (unpaired) electrons. The number of likely N-dealkylation sites (tertiary alicyclic amines) is 1. The topological polar surface area (TPSA) is 72.1 Å². The van der Waals surface area contributed by atoms with E-state index in [4.69, 9.17) is 4.52 Å². The molecule has 1 amide bonds. The molecule has 6 heteroatoms. The van der Waals surface area contributed by atoms with Crippen LogP contribution in [0.15, 0.2) is 28.9 Å². The SMILES string of the molecule is CC(C)CCC(=O)N1CCC(c2nc(-c3ccccn3)no2)CC1. The van der Waals surface area contributed by atoms with Gasteiger partial charge in [-0.25, -0.2) is 0 Å². The lowest BCUT2D eigenvalue weighted by Gasteiger charge is -2.30. The Morgan fingerprint density at radius 2 is 2.12 bits per heavy atom. The first kappa shape index (κ1) is 16.6.